The number of carbonyl (C=O) groups is 2. The summed E-state index contributed by atoms with van der Waals surface area (Å²) < 4.78 is 5.02. The molecule has 1 aliphatic heterocycles. The van der Waals surface area contributed by atoms with Gasteiger partial charge in [0.1, 0.15) is 0 Å². The Balaban J connectivity index is 1.98. The van der Waals surface area contributed by atoms with Gasteiger partial charge in [-0.05, 0) is 32.0 Å². The van der Waals surface area contributed by atoms with E-state index >= 15 is 0 Å². The summed E-state index contributed by atoms with van der Waals surface area (Å²) in [7, 11) is 0. The van der Waals surface area contributed by atoms with E-state index in [1.165, 1.54) is 0 Å². The lowest BCUT2D eigenvalue weighted by molar-refractivity contribution is 0.0955. The number of benzene rings is 1. The van der Waals surface area contributed by atoms with Crippen molar-refractivity contribution in [3.8, 4) is 0 Å². The predicted octanol–water partition coefficient (Wildman–Crippen LogP) is 1.71. The maximum atomic E-state index is 11.9. The highest BCUT2D eigenvalue weighted by Gasteiger charge is 2.22. The minimum atomic E-state index is -0.252. The number of carbonyl (C=O) groups excluding carboxylic acids is 2. The number of amides is 2. The highest BCUT2D eigenvalue weighted by Crippen LogP contribution is 2.18. The number of piperazine rings is 1. The van der Waals surface area contributed by atoms with Gasteiger partial charge in [-0.3, -0.25) is 4.79 Å². The molecule has 6 nitrogen and oxygen atoms in total. The monoisotopic (exact) mass is 305 g/mol. The van der Waals surface area contributed by atoms with Crippen molar-refractivity contribution in [2.45, 2.75) is 13.8 Å². The average molecular weight is 305 g/mol. The Morgan fingerprint density at radius 3 is 2.55 bits per heavy atom. The molecule has 1 fully saturated rings. The van der Waals surface area contributed by atoms with E-state index in [4.69, 9.17) is 4.74 Å². The van der Waals surface area contributed by atoms with E-state index in [0.717, 1.165) is 18.8 Å². The first-order chi connectivity index (χ1) is 10.7. The fourth-order valence-corrected chi connectivity index (χ4v) is 2.47. The highest BCUT2D eigenvalue weighted by atomic mass is 16.6. The number of anilines is 1. The van der Waals surface area contributed by atoms with Crippen LogP contribution in [0.15, 0.2) is 24.3 Å². The lowest BCUT2D eigenvalue weighted by atomic mass is 10.1. The summed E-state index contributed by atoms with van der Waals surface area (Å²) in [5.74, 6) is -0.0606. The van der Waals surface area contributed by atoms with Crippen LogP contribution in [0.3, 0.4) is 0 Å². The first-order valence-corrected chi connectivity index (χ1v) is 7.70. The van der Waals surface area contributed by atoms with Crippen molar-refractivity contribution in [2.75, 3.05) is 44.2 Å². The number of hydrogen-bond donors (Lipinski definition) is 1. The summed E-state index contributed by atoms with van der Waals surface area (Å²) in [4.78, 5) is 27.5. The van der Waals surface area contributed by atoms with Crippen LogP contribution in [0.4, 0.5) is 10.5 Å². The SMILES string of the molecule is CCNC(=O)c1cccc(N2CCN(C(=O)OCC)CC2)c1. The summed E-state index contributed by atoms with van der Waals surface area (Å²) in [6, 6.07) is 7.58. The van der Waals surface area contributed by atoms with E-state index in [9.17, 15) is 9.59 Å². The molecule has 22 heavy (non-hydrogen) atoms. The van der Waals surface area contributed by atoms with Crippen molar-refractivity contribution in [3.63, 3.8) is 0 Å². The minimum Gasteiger partial charge on any atom is -0.450 e. The molecule has 1 N–H and O–H groups in total. The zero-order chi connectivity index (χ0) is 15.9. The zero-order valence-corrected chi connectivity index (χ0v) is 13.2. The molecule has 0 spiro atoms. The van der Waals surface area contributed by atoms with E-state index in [1.807, 2.05) is 31.2 Å². The normalized spacial score (nSPS) is 14.6. The quantitative estimate of drug-likeness (QED) is 0.920. The van der Waals surface area contributed by atoms with Crippen molar-refractivity contribution >= 4 is 17.7 Å². The van der Waals surface area contributed by atoms with Gasteiger partial charge >= 0.3 is 6.09 Å². The van der Waals surface area contributed by atoms with Crippen molar-refractivity contribution in [3.05, 3.63) is 29.8 Å². The summed E-state index contributed by atoms with van der Waals surface area (Å²) >= 11 is 0. The molecule has 2 amide bonds. The van der Waals surface area contributed by atoms with Gasteiger partial charge in [-0.25, -0.2) is 4.79 Å². The average Bonchev–Trinajstić information content (AvgIpc) is 2.55. The Labute approximate surface area is 131 Å². The van der Waals surface area contributed by atoms with Gasteiger partial charge in [0.05, 0.1) is 6.61 Å². The molecule has 6 heteroatoms. The van der Waals surface area contributed by atoms with E-state index in [1.54, 1.807) is 11.8 Å². The van der Waals surface area contributed by atoms with Gasteiger partial charge in [0.2, 0.25) is 0 Å². The third kappa shape index (κ3) is 3.90. The van der Waals surface area contributed by atoms with Crippen molar-refractivity contribution in [1.29, 1.82) is 0 Å². The van der Waals surface area contributed by atoms with Crippen LogP contribution in [0.1, 0.15) is 24.2 Å². The number of hydrogen-bond acceptors (Lipinski definition) is 4. The molecule has 0 radical (unpaired) electrons. The van der Waals surface area contributed by atoms with Gasteiger partial charge in [0, 0.05) is 44.0 Å². The van der Waals surface area contributed by atoms with Crippen LogP contribution in [-0.2, 0) is 4.74 Å². The van der Waals surface area contributed by atoms with Gasteiger partial charge in [0.25, 0.3) is 5.91 Å². The second-order valence-electron chi connectivity index (χ2n) is 5.08. The van der Waals surface area contributed by atoms with E-state index in [2.05, 4.69) is 10.2 Å². The molecule has 120 valence electrons. The smallest absolute Gasteiger partial charge is 0.409 e. The minimum absolute atomic E-state index is 0.0606. The lowest BCUT2D eigenvalue weighted by Crippen LogP contribution is -2.49. The number of nitrogens with one attached hydrogen (secondary N) is 1. The summed E-state index contributed by atoms with van der Waals surface area (Å²) in [6.07, 6.45) is -0.252. The molecule has 0 unspecified atom stereocenters. The van der Waals surface area contributed by atoms with Crippen molar-refractivity contribution < 1.29 is 14.3 Å². The molecule has 1 heterocycles. The number of nitrogens with zero attached hydrogens (tertiary/aromatic N) is 2. The molecule has 0 bridgehead atoms. The van der Waals surface area contributed by atoms with Gasteiger partial charge in [-0.2, -0.15) is 0 Å². The number of rotatable bonds is 4. The van der Waals surface area contributed by atoms with Crippen LogP contribution < -0.4 is 10.2 Å². The molecule has 0 aromatic heterocycles. The Morgan fingerprint density at radius 2 is 1.91 bits per heavy atom. The van der Waals surface area contributed by atoms with E-state index < -0.39 is 0 Å². The van der Waals surface area contributed by atoms with Gasteiger partial charge in [-0.15, -0.1) is 0 Å². The molecular weight excluding hydrogens is 282 g/mol. The Hall–Kier alpha value is -2.24. The molecule has 1 aromatic rings. The third-order valence-corrected chi connectivity index (χ3v) is 3.62. The molecule has 1 aliphatic rings. The van der Waals surface area contributed by atoms with Crippen LogP contribution in [0.2, 0.25) is 0 Å². The number of ether oxygens (including phenoxy) is 1. The maximum Gasteiger partial charge on any atom is 0.409 e. The van der Waals surface area contributed by atoms with Crippen molar-refractivity contribution in [1.82, 2.24) is 10.2 Å². The van der Waals surface area contributed by atoms with Crippen LogP contribution in [0, 0.1) is 0 Å². The fourth-order valence-electron chi connectivity index (χ4n) is 2.47. The summed E-state index contributed by atoms with van der Waals surface area (Å²) in [5, 5.41) is 2.80. The standard InChI is InChI=1S/C16H23N3O3/c1-3-17-15(20)13-6-5-7-14(12-13)18-8-10-19(11-9-18)16(21)22-4-2/h5-7,12H,3-4,8-11H2,1-2H3,(H,17,20). The summed E-state index contributed by atoms with van der Waals surface area (Å²) in [6.45, 7) is 7.44. The van der Waals surface area contributed by atoms with E-state index in [0.29, 0.717) is 31.8 Å². The van der Waals surface area contributed by atoms with Gasteiger partial charge in [0.15, 0.2) is 0 Å². The van der Waals surface area contributed by atoms with Crippen LogP contribution in [0.25, 0.3) is 0 Å². The molecule has 0 atom stereocenters. The van der Waals surface area contributed by atoms with Gasteiger partial charge in [-0.1, -0.05) is 6.07 Å². The fraction of sp³-hybridized carbons (Fsp3) is 0.500. The lowest BCUT2D eigenvalue weighted by Gasteiger charge is -2.35. The maximum absolute atomic E-state index is 11.9. The van der Waals surface area contributed by atoms with Crippen LogP contribution in [-0.4, -0.2) is 56.2 Å². The first-order valence-electron chi connectivity index (χ1n) is 7.70. The van der Waals surface area contributed by atoms with Crippen LogP contribution in [0.5, 0.6) is 0 Å². The third-order valence-electron chi connectivity index (χ3n) is 3.62. The highest BCUT2D eigenvalue weighted by molar-refractivity contribution is 5.95. The van der Waals surface area contributed by atoms with Gasteiger partial charge < -0.3 is 19.9 Å². The molecule has 1 aromatic carbocycles. The molecule has 1 saturated heterocycles. The first kappa shape index (κ1) is 16.1. The largest absolute Gasteiger partial charge is 0.450 e. The zero-order valence-electron chi connectivity index (χ0n) is 13.2. The van der Waals surface area contributed by atoms with Crippen molar-refractivity contribution in [2.24, 2.45) is 0 Å². The Kier molecular flexibility index (Phi) is 5.63. The van der Waals surface area contributed by atoms with E-state index in [-0.39, 0.29) is 12.0 Å². The molecule has 2 rings (SSSR count). The second-order valence-corrected chi connectivity index (χ2v) is 5.08. The molecular formula is C16H23N3O3. The topological polar surface area (TPSA) is 61.9 Å². The Morgan fingerprint density at radius 1 is 1.18 bits per heavy atom. The van der Waals surface area contributed by atoms with Crippen LogP contribution >= 0.6 is 0 Å². The molecule has 0 saturated carbocycles. The molecule has 0 aliphatic carbocycles. The second kappa shape index (κ2) is 7.68. The Bertz CT molecular complexity index is 525. The summed E-state index contributed by atoms with van der Waals surface area (Å²) in [5.41, 5.74) is 1.67. The predicted molar refractivity (Wildman–Crippen MR) is 85.3 cm³/mol.